The molecule has 0 bridgehead atoms. The maximum Gasteiger partial charge on any atom is 0.270 e. The SMILES string of the molecule is O=C(c1cc2ccccc2[nH]1)N1CCCN(C2CCSCC2)CC1. The molecule has 1 N–H and O–H groups in total. The summed E-state index contributed by atoms with van der Waals surface area (Å²) in [5.74, 6) is 2.73. The van der Waals surface area contributed by atoms with Gasteiger partial charge in [0.15, 0.2) is 0 Å². The van der Waals surface area contributed by atoms with Crippen molar-refractivity contribution in [3.8, 4) is 0 Å². The predicted octanol–water partition coefficient (Wildman–Crippen LogP) is 3.21. The van der Waals surface area contributed by atoms with Gasteiger partial charge in [0.25, 0.3) is 5.91 Å². The van der Waals surface area contributed by atoms with Crippen LogP contribution < -0.4 is 0 Å². The lowest BCUT2D eigenvalue weighted by Crippen LogP contribution is -2.41. The van der Waals surface area contributed by atoms with Crippen molar-refractivity contribution < 1.29 is 4.79 Å². The molecular formula is C19H25N3OS. The van der Waals surface area contributed by atoms with Crippen LogP contribution in [0.5, 0.6) is 0 Å². The number of para-hydroxylation sites is 1. The summed E-state index contributed by atoms with van der Waals surface area (Å²) < 4.78 is 0. The quantitative estimate of drug-likeness (QED) is 0.910. The van der Waals surface area contributed by atoms with Crippen molar-refractivity contribution in [3.63, 3.8) is 0 Å². The minimum atomic E-state index is 0.146. The second kappa shape index (κ2) is 7.19. The van der Waals surface area contributed by atoms with Crippen molar-refractivity contribution in [2.24, 2.45) is 0 Å². The first-order valence-corrected chi connectivity index (χ1v) is 10.2. The summed E-state index contributed by atoms with van der Waals surface area (Å²) in [6.45, 7) is 3.86. The Kier molecular flexibility index (Phi) is 4.81. The van der Waals surface area contributed by atoms with Crippen LogP contribution in [-0.4, -0.2) is 64.4 Å². The lowest BCUT2D eigenvalue weighted by molar-refractivity contribution is 0.0752. The van der Waals surface area contributed by atoms with E-state index in [9.17, 15) is 4.79 Å². The summed E-state index contributed by atoms with van der Waals surface area (Å²) in [5.41, 5.74) is 1.76. The van der Waals surface area contributed by atoms with Gasteiger partial charge >= 0.3 is 0 Å². The van der Waals surface area contributed by atoms with Crippen molar-refractivity contribution in [2.45, 2.75) is 25.3 Å². The average molecular weight is 343 g/mol. The highest BCUT2D eigenvalue weighted by Crippen LogP contribution is 2.23. The van der Waals surface area contributed by atoms with Gasteiger partial charge in [-0.15, -0.1) is 0 Å². The summed E-state index contributed by atoms with van der Waals surface area (Å²) in [4.78, 5) is 20.8. The van der Waals surface area contributed by atoms with E-state index in [4.69, 9.17) is 0 Å². The molecule has 2 aliphatic rings. The summed E-state index contributed by atoms with van der Waals surface area (Å²) in [5, 5.41) is 1.11. The highest BCUT2D eigenvalue weighted by molar-refractivity contribution is 7.99. The Hall–Kier alpha value is -1.46. The third-order valence-corrected chi connectivity index (χ3v) is 6.33. The number of carbonyl (C=O) groups is 1. The summed E-state index contributed by atoms with van der Waals surface area (Å²) in [7, 11) is 0. The van der Waals surface area contributed by atoms with E-state index in [1.807, 2.05) is 35.2 Å². The summed E-state index contributed by atoms with van der Waals surface area (Å²) >= 11 is 2.08. The topological polar surface area (TPSA) is 39.3 Å². The molecule has 0 spiro atoms. The smallest absolute Gasteiger partial charge is 0.270 e. The highest BCUT2D eigenvalue weighted by atomic mass is 32.2. The molecule has 1 aromatic heterocycles. The number of benzene rings is 1. The molecular weight excluding hydrogens is 318 g/mol. The number of nitrogens with zero attached hydrogens (tertiary/aromatic N) is 2. The largest absolute Gasteiger partial charge is 0.351 e. The standard InChI is InChI=1S/C19H25N3OS/c23-19(18-14-15-4-1-2-5-17(15)20-18)22-9-3-8-21(10-11-22)16-6-12-24-13-7-16/h1-2,4-5,14,16,20H,3,6-13H2. The molecule has 1 amide bonds. The Balaban J connectivity index is 1.43. The highest BCUT2D eigenvalue weighted by Gasteiger charge is 2.26. The minimum Gasteiger partial charge on any atom is -0.351 e. The number of rotatable bonds is 2. The molecule has 2 fully saturated rings. The molecule has 3 heterocycles. The number of nitrogens with one attached hydrogen (secondary N) is 1. The van der Waals surface area contributed by atoms with Crippen molar-refractivity contribution >= 4 is 28.6 Å². The van der Waals surface area contributed by atoms with Crippen LogP contribution in [0, 0.1) is 0 Å². The van der Waals surface area contributed by atoms with E-state index in [1.165, 1.54) is 24.3 Å². The molecule has 128 valence electrons. The van der Waals surface area contributed by atoms with Crippen molar-refractivity contribution in [1.82, 2.24) is 14.8 Å². The van der Waals surface area contributed by atoms with Gasteiger partial charge in [-0.25, -0.2) is 0 Å². The Morgan fingerprint density at radius 1 is 1.08 bits per heavy atom. The number of aromatic nitrogens is 1. The van der Waals surface area contributed by atoms with Crippen molar-refractivity contribution in [2.75, 3.05) is 37.7 Å². The van der Waals surface area contributed by atoms with Crippen LogP contribution in [0.25, 0.3) is 10.9 Å². The fourth-order valence-electron chi connectivity index (χ4n) is 3.91. The molecule has 5 heteroatoms. The molecule has 24 heavy (non-hydrogen) atoms. The van der Waals surface area contributed by atoms with E-state index in [2.05, 4.69) is 21.6 Å². The maximum atomic E-state index is 12.9. The average Bonchev–Trinajstić information content (AvgIpc) is 2.91. The van der Waals surface area contributed by atoms with E-state index in [0.29, 0.717) is 0 Å². The summed E-state index contributed by atoms with van der Waals surface area (Å²) in [6, 6.07) is 10.8. The number of hydrogen-bond donors (Lipinski definition) is 1. The number of aromatic amines is 1. The molecule has 2 aromatic rings. The first kappa shape index (κ1) is 16.0. The van der Waals surface area contributed by atoms with Crippen LogP contribution in [0.15, 0.2) is 30.3 Å². The zero-order valence-corrected chi connectivity index (χ0v) is 14.9. The van der Waals surface area contributed by atoms with E-state index in [0.717, 1.165) is 55.2 Å². The molecule has 0 aliphatic carbocycles. The van der Waals surface area contributed by atoms with Crippen LogP contribution in [0.4, 0.5) is 0 Å². The lowest BCUT2D eigenvalue weighted by atomic mass is 10.1. The number of fused-ring (bicyclic) bond motifs is 1. The maximum absolute atomic E-state index is 12.9. The second-order valence-corrected chi connectivity index (χ2v) is 8.02. The number of thioether (sulfide) groups is 1. The monoisotopic (exact) mass is 343 g/mol. The van der Waals surface area contributed by atoms with Gasteiger partial charge in [-0.2, -0.15) is 11.8 Å². The minimum absolute atomic E-state index is 0.146. The van der Waals surface area contributed by atoms with Crippen molar-refractivity contribution in [1.29, 1.82) is 0 Å². The first-order valence-electron chi connectivity index (χ1n) is 9.00. The van der Waals surface area contributed by atoms with Crippen LogP contribution in [0.2, 0.25) is 0 Å². The molecule has 0 unspecified atom stereocenters. The van der Waals surface area contributed by atoms with Gasteiger partial charge in [0.05, 0.1) is 0 Å². The number of hydrogen-bond acceptors (Lipinski definition) is 3. The van der Waals surface area contributed by atoms with Gasteiger partial charge in [0.2, 0.25) is 0 Å². The zero-order valence-electron chi connectivity index (χ0n) is 14.0. The third-order valence-electron chi connectivity index (χ3n) is 5.29. The van der Waals surface area contributed by atoms with Gasteiger partial charge in [-0.3, -0.25) is 9.69 Å². The zero-order chi connectivity index (χ0) is 16.4. The Labute approximate surface area is 147 Å². The third kappa shape index (κ3) is 3.33. The molecule has 4 nitrogen and oxygen atoms in total. The number of amides is 1. The van der Waals surface area contributed by atoms with E-state index < -0.39 is 0 Å². The van der Waals surface area contributed by atoms with E-state index in [1.54, 1.807) is 0 Å². The van der Waals surface area contributed by atoms with Gasteiger partial charge in [0, 0.05) is 43.1 Å². The normalized spacial score (nSPS) is 21.1. The molecule has 0 atom stereocenters. The second-order valence-electron chi connectivity index (χ2n) is 6.80. The molecule has 1 aromatic carbocycles. The predicted molar refractivity (Wildman–Crippen MR) is 101 cm³/mol. The molecule has 0 radical (unpaired) electrons. The first-order chi connectivity index (χ1) is 11.8. The van der Waals surface area contributed by atoms with Crippen LogP contribution in [-0.2, 0) is 0 Å². The fourth-order valence-corrected chi connectivity index (χ4v) is 5.00. The van der Waals surface area contributed by atoms with Crippen LogP contribution in [0.1, 0.15) is 29.8 Å². The summed E-state index contributed by atoms with van der Waals surface area (Å²) in [6.07, 6.45) is 3.69. The van der Waals surface area contributed by atoms with Gasteiger partial charge < -0.3 is 9.88 Å². The van der Waals surface area contributed by atoms with E-state index in [-0.39, 0.29) is 5.91 Å². The molecule has 0 saturated carbocycles. The van der Waals surface area contributed by atoms with Crippen molar-refractivity contribution in [3.05, 3.63) is 36.0 Å². The van der Waals surface area contributed by atoms with Gasteiger partial charge in [-0.05, 0) is 42.9 Å². The van der Waals surface area contributed by atoms with Crippen LogP contribution >= 0.6 is 11.8 Å². The fraction of sp³-hybridized carbons (Fsp3) is 0.526. The van der Waals surface area contributed by atoms with Gasteiger partial charge in [0.1, 0.15) is 5.69 Å². The lowest BCUT2D eigenvalue weighted by Gasteiger charge is -2.33. The Bertz CT molecular complexity index is 674. The number of H-pyrrole nitrogens is 1. The molecule has 2 saturated heterocycles. The molecule has 2 aliphatic heterocycles. The van der Waals surface area contributed by atoms with E-state index >= 15 is 0 Å². The van der Waals surface area contributed by atoms with Crippen LogP contribution in [0.3, 0.4) is 0 Å². The number of carbonyl (C=O) groups excluding carboxylic acids is 1. The van der Waals surface area contributed by atoms with Gasteiger partial charge in [-0.1, -0.05) is 18.2 Å². The Morgan fingerprint density at radius 2 is 1.92 bits per heavy atom. The Morgan fingerprint density at radius 3 is 2.75 bits per heavy atom. The molecule has 4 rings (SSSR count).